The van der Waals surface area contributed by atoms with Crippen LogP contribution in [0.15, 0.2) is 36.6 Å². The number of hydrogen-bond acceptors (Lipinski definition) is 8. The number of methoxy groups -OCH3 is 3. The maximum absolute atomic E-state index is 13.8. The van der Waals surface area contributed by atoms with Gasteiger partial charge in [-0.3, -0.25) is 9.59 Å². The highest BCUT2D eigenvalue weighted by Gasteiger charge is 2.74. The highest BCUT2D eigenvalue weighted by atomic mass is 16.7. The van der Waals surface area contributed by atoms with Crippen LogP contribution in [0.4, 0.5) is 0 Å². The summed E-state index contributed by atoms with van der Waals surface area (Å²) in [6.45, 7) is 7.34. The minimum atomic E-state index is -1.51. The Kier molecular flexibility index (Phi) is 5.45. The number of ketones is 1. The fraction of sp³-hybridized carbons (Fsp3) is 0.500. The number of allylic oxidation sites excluding steroid dienone is 1. The van der Waals surface area contributed by atoms with E-state index in [1.165, 1.54) is 21.1 Å². The summed E-state index contributed by atoms with van der Waals surface area (Å²) in [7, 11) is 4.45. The monoisotopic (exact) mass is 444 g/mol. The molecule has 0 saturated heterocycles. The molecular formula is C24H28O8. The van der Waals surface area contributed by atoms with Crippen LogP contribution in [0.3, 0.4) is 0 Å². The Hall–Kier alpha value is -3.00. The first-order valence-corrected chi connectivity index (χ1v) is 10.4. The second-order valence-corrected chi connectivity index (χ2v) is 8.36. The lowest BCUT2D eigenvalue weighted by Gasteiger charge is -2.43. The first kappa shape index (κ1) is 22.2. The molecule has 1 aliphatic heterocycles. The quantitative estimate of drug-likeness (QED) is 0.468. The molecule has 1 saturated carbocycles. The average molecular weight is 444 g/mol. The summed E-state index contributed by atoms with van der Waals surface area (Å²) in [5.74, 6) is 0.123. The molecule has 2 aliphatic carbocycles. The fourth-order valence-electron chi connectivity index (χ4n) is 5.76. The molecule has 0 aromatic heterocycles. The third-order valence-electron chi connectivity index (χ3n) is 7.05. The highest BCUT2D eigenvalue weighted by molar-refractivity contribution is 6.04. The summed E-state index contributed by atoms with van der Waals surface area (Å²) in [5, 5.41) is 0. The van der Waals surface area contributed by atoms with Gasteiger partial charge in [0, 0.05) is 25.4 Å². The van der Waals surface area contributed by atoms with Gasteiger partial charge in [0.1, 0.15) is 6.10 Å². The molecule has 1 fully saturated rings. The molecule has 0 spiro atoms. The van der Waals surface area contributed by atoms with Crippen molar-refractivity contribution in [1.82, 2.24) is 0 Å². The normalized spacial score (nSPS) is 32.3. The van der Waals surface area contributed by atoms with Gasteiger partial charge in [-0.1, -0.05) is 13.0 Å². The second kappa shape index (κ2) is 7.85. The molecule has 2 bridgehead atoms. The van der Waals surface area contributed by atoms with Crippen LogP contribution in [0, 0.1) is 11.3 Å². The Balaban J connectivity index is 2.00. The molecule has 32 heavy (non-hydrogen) atoms. The van der Waals surface area contributed by atoms with E-state index in [-0.39, 0.29) is 24.3 Å². The van der Waals surface area contributed by atoms with Gasteiger partial charge < -0.3 is 28.4 Å². The number of ether oxygens (including phenoxy) is 6. The van der Waals surface area contributed by atoms with Gasteiger partial charge in [0.2, 0.25) is 18.3 Å². The molecule has 8 heteroatoms. The fourth-order valence-corrected chi connectivity index (χ4v) is 5.76. The summed E-state index contributed by atoms with van der Waals surface area (Å²) >= 11 is 0. The number of Topliss-reactive ketones (excluding diaryl/α,β-unsaturated/α-hetero) is 1. The van der Waals surface area contributed by atoms with E-state index in [1.807, 2.05) is 19.1 Å². The minimum absolute atomic E-state index is 0.0789. The lowest BCUT2D eigenvalue weighted by molar-refractivity contribution is -0.181. The molecule has 3 aliphatic rings. The van der Waals surface area contributed by atoms with Crippen LogP contribution >= 0.6 is 0 Å². The molecule has 8 nitrogen and oxygen atoms in total. The lowest BCUT2D eigenvalue weighted by Crippen LogP contribution is -2.59. The number of fused-ring (bicyclic) bond motifs is 3. The summed E-state index contributed by atoms with van der Waals surface area (Å²) in [5.41, 5.74) is -1.52. The highest BCUT2D eigenvalue weighted by Crippen LogP contribution is 2.65. The topological polar surface area (TPSA) is 89.5 Å². The smallest absolute Gasteiger partial charge is 0.303 e. The summed E-state index contributed by atoms with van der Waals surface area (Å²) in [6.07, 6.45) is 3.11. The van der Waals surface area contributed by atoms with Crippen LogP contribution in [-0.4, -0.2) is 51.6 Å². The maximum Gasteiger partial charge on any atom is 0.303 e. The van der Waals surface area contributed by atoms with E-state index in [2.05, 4.69) is 6.58 Å². The van der Waals surface area contributed by atoms with Gasteiger partial charge >= 0.3 is 5.97 Å². The third kappa shape index (κ3) is 2.78. The SMILES string of the molecule is C=CC[C@@]12C=C(OC)C(=O)[C@@](OC)([C@H](c3cc(OC)c4c(c3)OCO4)[C@H]1C)[C@@H]2OC(C)=O. The molecule has 1 aromatic carbocycles. The number of rotatable bonds is 7. The zero-order valence-corrected chi connectivity index (χ0v) is 18.9. The Morgan fingerprint density at radius 2 is 2.00 bits per heavy atom. The average Bonchev–Trinajstić information content (AvgIpc) is 3.30. The number of carbonyl (C=O) groups excluding carboxylic acids is 2. The first-order chi connectivity index (χ1) is 15.3. The van der Waals surface area contributed by atoms with Crippen molar-refractivity contribution >= 4 is 11.8 Å². The molecule has 4 rings (SSSR count). The standard InChI is InChI=1S/C24H28O8/c1-7-8-23-11-18(28-5)21(26)24(29-6,22(23)32-14(3)25)19(13(23)2)15-9-16(27-4)20-17(10-15)30-12-31-20/h7,9-11,13,19,22H,1,8,12H2,2-6H3/t13-,19+,22-,23-,24+/m1/s1. The zero-order valence-electron chi connectivity index (χ0n) is 18.9. The molecule has 1 aromatic rings. The molecule has 1 heterocycles. The molecule has 5 atom stereocenters. The number of carbonyl (C=O) groups is 2. The van der Waals surface area contributed by atoms with Gasteiger partial charge in [0.15, 0.2) is 22.9 Å². The molecule has 0 unspecified atom stereocenters. The Labute approximate surface area is 187 Å². The third-order valence-corrected chi connectivity index (χ3v) is 7.05. The zero-order chi connectivity index (χ0) is 23.3. The van der Waals surface area contributed by atoms with Crippen molar-refractivity contribution in [2.24, 2.45) is 11.3 Å². The van der Waals surface area contributed by atoms with E-state index in [1.54, 1.807) is 19.3 Å². The Morgan fingerprint density at radius 3 is 2.59 bits per heavy atom. The summed E-state index contributed by atoms with van der Waals surface area (Å²) in [4.78, 5) is 26.0. The van der Waals surface area contributed by atoms with Gasteiger partial charge in [0.25, 0.3) is 0 Å². The van der Waals surface area contributed by atoms with Crippen LogP contribution in [0.1, 0.15) is 31.7 Å². The van der Waals surface area contributed by atoms with Crippen molar-refractivity contribution in [2.45, 2.75) is 37.9 Å². The number of esters is 1. The largest absolute Gasteiger partial charge is 0.493 e. The van der Waals surface area contributed by atoms with Crippen LogP contribution in [0.5, 0.6) is 17.2 Å². The van der Waals surface area contributed by atoms with Crippen LogP contribution in [0.2, 0.25) is 0 Å². The van der Waals surface area contributed by atoms with Crippen molar-refractivity contribution < 1.29 is 38.0 Å². The predicted octanol–water partition coefficient (Wildman–Crippen LogP) is 3.15. The minimum Gasteiger partial charge on any atom is -0.493 e. The van der Waals surface area contributed by atoms with E-state index >= 15 is 0 Å². The Morgan fingerprint density at radius 1 is 1.25 bits per heavy atom. The molecule has 0 radical (unpaired) electrons. The van der Waals surface area contributed by atoms with Crippen LogP contribution < -0.4 is 14.2 Å². The molecule has 0 N–H and O–H groups in total. The number of hydrogen-bond donors (Lipinski definition) is 0. The van der Waals surface area contributed by atoms with Crippen LogP contribution in [-0.2, 0) is 23.8 Å². The van der Waals surface area contributed by atoms with Crippen LogP contribution in [0.25, 0.3) is 0 Å². The van der Waals surface area contributed by atoms with Crippen molar-refractivity contribution in [3.8, 4) is 17.2 Å². The van der Waals surface area contributed by atoms with Gasteiger partial charge in [-0.2, -0.15) is 0 Å². The number of benzene rings is 1. The van der Waals surface area contributed by atoms with Crippen molar-refractivity contribution in [2.75, 3.05) is 28.1 Å². The maximum atomic E-state index is 13.8. The van der Waals surface area contributed by atoms with Gasteiger partial charge in [-0.05, 0) is 36.1 Å². The van der Waals surface area contributed by atoms with E-state index in [4.69, 9.17) is 28.4 Å². The van der Waals surface area contributed by atoms with Crippen molar-refractivity contribution in [3.05, 3.63) is 42.2 Å². The molecule has 172 valence electrons. The first-order valence-electron chi connectivity index (χ1n) is 10.4. The summed E-state index contributed by atoms with van der Waals surface area (Å²) in [6, 6.07) is 3.65. The summed E-state index contributed by atoms with van der Waals surface area (Å²) < 4.78 is 34.0. The Bertz CT molecular complexity index is 998. The van der Waals surface area contributed by atoms with Gasteiger partial charge in [0.05, 0.1) is 14.2 Å². The molecular weight excluding hydrogens is 416 g/mol. The van der Waals surface area contributed by atoms with Crippen molar-refractivity contribution in [1.29, 1.82) is 0 Å². The van der Waals surface area contributed by atoms with Gasteiger partial charge in [-0.25, -0.2) is 0 Å². The lowest BCUT2D eigenvalue weighted by atomic mass is 9.69. The van der Waals surface area contributed by atoms with Crippen molar-refractivity contribution in [3.63, 3.8) is 0 Å². The van der Waals surface area contributed by atoms with E-state index in [0.717, 1.165) is 5.56 Å². The van der Waals surface area contributed by atoms with E-state index < -0.39 is 29.0 Å². The predicted molar refractivity (Wildman–Crippen MR) is 114 cm³/mol. The van der Waals surface area contributed by atoms with E-state index in [9.17, 15) is 9.59 Å². The second-order valence-electron chi connectivity index (χ2n) is 8.36. The van der Waals surface area contributed by atoms with Gasteiger partial charge in [-0.15, -0.1) is 6.58 Å². The van der Waals surface area contributed by atoms with E-state index in [0.29, 0.717) is 23.7 Å². The molecule has 0 amide bonds.